The molecule has 2 aromatic heterocycles. The van der Waals surface area contributed by atoms with Gasteiger partial charge < -0.3 is 15.0 Å². The topological polar surface area (TPSA) is 84.2 Å². The summed E-state index contributed by atoms with van der Waals surface area (Å²) < 4.78 is 1.55. The predicted molar refractivity (Wildman–Crippen MR) is 94.3 cm³/mol. The van der Waals surface area contributed by atoms with Gasteiger partial charge in [0.15, 0.2) is 0 Å². The van der Waals surface area contributed by atoms with Crippen molar-refractivity contribution in [2.75, 3.05) is 0 Å². The van der Waals surface area contributed by atoms with Crippen LogP contribution in [-0.4, -0.2) is 32.7 Å². The lowest BCUT2D eigenvalue weighted by atomic mass is 9.75. The standard InChI is InChI=1S/C19H23N3O3/c1-2-22-8-5-14(12-18(22)24)19(25)21-17(15-10-16(23)11-15)9-13-3-6-20-7-4-13/h3-8,12,15-17,23H,2,9-11H2,1H3,(H,21,25). The van der Waals surface area contributed by atoms with Crippen molar-refractivity contribution in [3.8, 4) is 0 Å². The average Bonchev–Trinajstić information content (AvgIpc) is 2.59. The first kappa shape index (κ1) is 17.4. The number of carbonyl (C=O) groups excluding carboxylic acids is 1. The lowest BCUT2D eigenvalue weighted by Gasteiger charge is -2.38. The molecule has 1 fully saturated rings. The molecule has 3 rings (SSSR count). The molecule has 1 aliphatic carbocycles. The van der Waals surface area contributed by atoms with Crippen LogP contribution in [0.2, 0.25) is 0 Å². The summed E-state index contributed by atoms with van der Waals surface area (Å²) in [4.78, 5) is 28.5. The van der Waals surface area contributed by atoms with Crippen LogP contribution < -0.4 is 10.9 Å². The van der Waals surface area contributed by atoms with Crippen molar-refractivity contribution in [3.05, 3.63) is 64.3 Å². The van der Waals surface area contributed by atoms with Crippen LogP contribution in [0, 0.1) is 5.92 Å². The summed E-state index contributed by atoms with van der Waals surface area (Å²) >= 11 is 0. The van der Waals surface area contributed by atoms with Crippen molar-refractivity contribution in [3.63, 3.8) is 0 Å². The summed E-state index contributed by atoms with van der Waals surface area (Å²) in [6.07, 6.45) is 6.87. The Hall–Kier alpha value is -2.47. The molecule has 6 nitrogen and oxygen atoms in total. The molecule has 0 saturated heterocycles. The number of rotatable bonds is 6. The number of carbonyl (C=O) groups is 1. The number of hydrogen-bond donors (Lipinski definition) is 2. The van der Waals surface area contributed by atoms with Crippen molar-refractivity contribution < 1.29 is 9.90 Å². The van der Waals surface area contributed by atoms with E-state index in [1.54, 1.807) is 29.2 Å². The molecule has 2 aromatic rings. The van der Waals surface area contributed by atoms with E-state index in [1.807, 2.05) is 19.1 Å². The van der Waals surface area contributed by atoms with Crippen molar-refractivity contribution in [2.24, 2.45) is 5.92 Å². The highest BCUT2D eigenvalue weighted by atomic mass is 16.3. The first-order chi connectivity index (χ1) is 12.1. The van der Waals surface area contributed by atoms with Crippen LogP contribution >= 0.6 is 0 Å². The van der Waals surface area contributed by atoms with Gasteiger partial charge in [-0.25, -0.2) is 0 Å². The van der Waals surface area contributed by atoms with Crippen molar-refractivity contribution in [1.29, 1.82) is 0 Å². The summed E-state index contributed by atoms with van der Waals surface area (Å²) in [6, 6.07) is 6.82. The van der Waals surface area contributed by atoms with Gasteiger partial charge in [0.25, 0.3) is 11.5 Å². The zero-order valence-electron chi connectivity index (χ0n) is 14.3. The molecule has 0 radical (unpaired) electrons. The van der Waals surface area contributed by atoms with Crippen LogP contribution in [0.3, 0.4) is 0 Å². The van der Waals surface area contributed by atoms with E-state index in [2.05, 4.69) is 10.3 Å². The third kappa shape index (κ3) is 4.14. The van der Waals surface area contributed by atoms with Crippen LogP contribution in [0.15, 0.2) is 47.7 Å². The molecule has 1 atom stereocenters. The minimum absolute atomic E-state index is 0.0769. The number of aryl methyl sites for hydroxylation is 1. The van der Waals surface area contributed by atoms with E-state index in [9.17, 15) is 14.7 Å². The lowest BCUT2D eigenvalue weighted by Crippen LogP contribution is -2.48. The fourth-order valence-corrected chi connectivity index (χ4v) is 3.23. The average molecular weight is 341 g/mol. The summed E-state index contributed by atoms with van der Waals surface area (Å²) in [6.45, 7) is 2.46. The van der Waals surface area contributed by atoms with E-state index in [4.69, 9.17) is 0 Å². The van der Waals surface area contributed by atoms with Gasteiger partial charge >= 0.3 is 0 Å². The number of aliphatic hydroxyl groups excluding tert-OH is 1. The first-order valence-electron chi connectivity index (χ1n) is 8.65. The molecule has 0 aliphatic heterocycles. The number of nitrogens with one attached hydrogen (secondary N) is 1. The van der Waals surface area contributed by atoms with Gasteiger partial charge in [-0.3, -0.25) is 14.6 Å². The second kappa shape index (κ2) is 7.61. The van der Waals surface area contributed by atoms with Crippen molar-refractivity contribution in [2.45, 2.75) is 44.9 Å². The molecule has 25 heavy (non-hydrogen) atoms. The smallest absolute Gasteiger partial charge is 0.251 e. The lowest BCUT2D eigenvalue weighted by molar-refractivity contribution is 0.0239. The Labute approximate surface area is 146 Å². The van der Waals surface area contributed by atoms with E-state index in [0.717, 1.165) is 5.56 Å². The fraction of sp³-hybridized carbons (Fsp3) is 0.421. The number of hydrogen-bond acceptors (Lipinski definition) is 4. The molecule has 0 spiro atoms. The molecule has 1 amide bonds. The Balaban J connectivity index is 1.74. The quantitative estimate of drug-likeness (QED) is 0.831. The maximum Gasteiger partial charge on any atom is 0.251 e. The van der Waals surface area contributed by atoms with Gasteiger partial charge in [-0.1, -0.05) is 0 Å². The van der Waals surface area contributed by atoms with Crippen LogP contribution in [0.1, 0.15) is 35.7 Å². The third-order valence-corrected chi connectivity index (χ3v) is 4.84. The molecular weight excluding hydrogens is 318 g/mol. The highest BCUT2D eigenvalue weighted by molar-refractivity contribution is 5.94. The van der Waals surface area contributed by atoms with Crippen molar-refractivity contribution >= 4 is 5.91 Å². The molecule has 1 unspecified atom stereocenters. The van der Waals surface area contributed by atoms with Gasteiger partial charge in [0.1, 0.15) is 0 Å². The van der Waals surface area contributed by atoms with Gasteiger partial charge in [-0.05, 0) is 55.9 Å². The van der Waals surface area contributed by atoms with E-state index >= 15 is 0 Å². The number of aliphatic hydroxyl groups is 1. The number of amides is 1. The van der Waals surface area contributed by atoms with E-state index in [1.165, 1.54) is 6.07 Å². The van der Waals surface area contributed by atoms with Crippen LogP contribution in [-0.2, 0) is 13.0 Å². The minimum atomic E-state index is -0.282. The predicted octanol–water partition coefficient (Wildman–Crippen LogP) is 1.38. The van der Waals surface area contributed by atoms with Gasteiger partial charge in [0.2, 0.25) is 0 Å². The zero-order chi connectivity index (χ0) is 17.8. The molecule has 1 aliphatic rings. The Bertz CT molecular complexity index is 782. The van der Waals surface area contributed by atoms with Crippen molar-refractivity contribution in [1.82, 2.24) is 14.9 Å². The summed E-state index contributed by atoms with van der Waals surface area (Å²) in [5.41, 5.74) is 1.28. The van der Waals surface area contributed by atoms with Gasteiger partial charge in [0.05, 0.1) is 6.10 Å². The monoisotopic (exact) mass is 341 g/mol. The molecule has 1 saturated carbocycles. The molecule has 2 N–H and O–H groups in total. The second-order valence-electron chi connectivity index (χ2n) is 6.56. The highest BCUT2D eigenvalue weighted by Gasteiger charge is 2.34. The largest absolute Gasteiger partial charge is 0.393 e. The number of aromatic nitrogens is 2. The maximum absolute atomic E-state index is 12.6. The highest BCUT2D eigenvalue weighted by Crippen LogP contribution is 2.31. The minimum Gasteiger partial charge on any atom is -0.393 e. The Kier molecular flexibility index (Phi) is 5.28. The molecular formula is C19H23N3O3. The van der Waals surface area contributed by atoms with Crippen LogP contribution in [0.25, 0.3) is 0 Å². The molecule has 0 bridgehead atoms. The van der Waals surface area contributed by atoms with Crippen LogP contribution in [0.4, 0.5) is 0 Å². The third-order valence-electron chi connectivity index (χ3n) is 4.84. The van der Waals surface area contributed by atoms with Gasteiger partial charge in [-0.15, -0.1) is 0 Å². The molecule has 132 valence electrons. The van der Waals surface area contributed by atoms with Crippen LogP contribution in [0.5, 0.6) is 0 Å². The normalized spacial score (nSPS) is 20.6. The molecule has 0 aromatic carbocycles. The van der Waals surface area contributed by atoms with E-state index in [0.29, 0.717) is 31.4 Å². The summed E-state index contributed by atoms with van der Waals surface area (Å²) in [5.74, 6) is -0.0103. The Morgan fingerprint density at radius 2 is 2.08 bits per heavy atom. The maximum atomic E-state index is 12.6. The first-order valence-corrected chi connectivity index (χ1v) is 8.65. The van der Waals surface area contributed by atoms with E-state index in [-0.39, 0.29) is 29.5 Å². The summed E-state index contributed by atoms with van der Waals surface area (Å²) in [7, 11) is 0. The molecule has 2 heterocycles. The Morgan fingerprint density at radius 3 is 2.68 bits per heavy atom. The SMILES string of the molecule is CCn1ccc(C(=O)NC(Cc2ccncc2)C2CC(O)C2)cc1=O. The second-order valence-corrected chi connectivity index (χ2v) is 6.56. The summed E-state index contributed by atoms with van der Waals surface area (Å²) in [5, 5.41) is 12.7. The number of nitrogens with zero attached hydrogens (tertiary/aromatic N) is 2. The van der Waals surface area contributed by atoms with Gasteiger partial charge in [0, 0.05) is 42.8 Å². The van der Waals surface area contributed by atoms with E-state index < -0.39 is 0 Å². The fourth-order valence-electron chi connectivity index (χ4n) is 3.23. The Morgan fingerprint density at radius 1 is 1.36 bits per heavy atom. The zero-order valence-corrected chi connectivity index (χ0v) is 14.3. The number of pyridine rings is 2. The molecule has 6 heteroatoms. The van der Waals surface area contributed by atoms with Gasteiger partial charge in [-0.2, -0.15) is 0 Å².